The van der Waals surface area contributed by atoms with Crippen molar-refractivity contribution in [1.82, 2.24) is 19.7 Å². The van der Waals surface area contributed by atoms with Crippen molar-refractivity contribution in [2.24, 2.45) is 0 Å². The fourth-order valence-electron chi connectivity index (χ4n) is 3.52. The molecular formula is C18H26N4OS2. The van der Waals surface area contributed by atoms with Crippen molar-refractivity contribution in [3.63, 3.8) is 0 Å². The van der Waals surface area contributed by atoms with Crippen LogP contribution in [0.3, 0.4) is 0 Å². The van der Waals surface area contributed by atoms with E-state index in [1.54, 1.807) is 11.3 Å². The largest absolute Gasteiger partial charge is 0.336 e. The van der Waals surface area contributed by atoms with Crippen LogP contribution in [-0.2, 0) is 11.3 Å². The van der Waals surface area contributed by atoms with Crippen molar-refractivity contribution in [3.8, 4) is 10.7 Å². The van der Waals surface area contributed by atoms with E-state index in [9.17, 15) is 4.79 Å². The summed E-state index contributed by atoms with van der Waals surface area (Å²) in [6.45, 7) is 9.19. The first-order valence-corrected chi connectivity index (χ1v) is 10.7. The summed E-state index contributed by atoms with van der Waals surface area (Å²) in [6, 6.07) is 4.73. The standard InChI is InChI=1S/C18H26N4OS2/c1-5-21-16(15-10-7-11-24-15)19-20-18(21)25-14(4)17(23)22-12(2)8-6-9-13(22)3/h7,10-14H,5-6,8-9H2,1-4H3/t12-,13-,14+/m0/s1. The smallest absolute Gasteiger partial charge is 0.236 e. The Labute approximate surface area is 157 Å². The van der Waals surface area contributed by atoms with Gasteiger partial charge in [-0.3, -0.25) is 4.79 Å². The predicted octanol–water partition coefficient (Wildman–Crippen LogP) is 4.30. The number of thiophene rings is 1. The number of carbonyl (C=O) groups excluding carboxylic acids is 1. The van der Waals surface area contributed by atoms with Gasteiger partial charge in [0.1, 0.15) is 0 Å². The molecule has 3 rings (SSSR count). The molecule has 136 valence electrons. The molecule has 0 N–H and O–H groups in total. The first-order valence-electron chi connectivity index (χ1n) is 8.98. The van der Waals surface area contributed by atoms with E-state index in [1.807, 2.05) is 18.4 Å². The van der Waals surface area contributed by atoms with Crippen molar-refractivity contribution in [1.29, 1.82) is 0 Å². The Hall–Kier alpha value is -1.34. The zero-order valence-corrected chi connectivity index (χ0v) is 16.9. The van der Waals surface area contributed by atoms with Crippen LogP contribution in [0, 0.1) is 0 Å². The Morgan fingerprint density at radius 1 is 1.36 bits per heavy atom. The summed E-state index contributed by atoms with van der Waals surface area (Å²) in [5.41, 5.74) is 0. The van der Waals surface area contributed by atoms with Gasteiger partial charge in [-0.05, 0) is 58.4 Å². The predicted molar refractivity (Wildman–Crippen MR) is 104 cm³/mol. The molecule has 3 atom stereocenters. The maximum atomic E-state index is 13.0. The molecule has 25 heavy (non-hydrogen) atoms. The van der Waals surface area contributed by atoms with E-state index >= 15 is 0 Å². The average molecular weight is 379 g/mol. The third kappa shape index (κ3) is 3.77. The molecule has 1 amide bonds. The molecule has 1 fully saturated rings. The number of nitrogens with zero attached hydrogens (tertiary/aromatic N) is 4. The van der Waals surface area contributed by atoms with Crippen LogP contribution in [0.4, 0.5) is 0 Å². The Kier molecular flexibility index (Phi) is 5.84. The molecule has 0 unspecified atom stereocenters. The van der Waals surface area contributed by atoms with Crippen LogP contribution in [0.15, 0.2) is 22.7 Å². The van der Waals surface area contributed by atoms with Gasteiger partial charge >= 0.3 is 0 Å². The number of carbonyl (C=O) groups is 1. The Bertz CT molecular complexity index is 703. The van der Waals surface area contributed by atoms with Crippen molar-refractivity contribution in [2.75, 3.05) is 0 Å². The summed E-state index contributed by atoms with van der Waals surface area (Å²) in [4.78, 5) is 16.2. The van der Waals surface area contributed by atoms with E-state index in [2.05, 4.69) is 46.5 Å². The van der Waals surface area contributed by atoms with Gasteiger partial charge < -0.3 is 9.47 Å². The average Bonchev–Trinajstić information content (AvgIpc) is 3.23. The number of hydrogen-bond donors (Lipinski definition) is 0. The van der Waals surface area contributed by atoms with Gasteiger partial charge in [0, 0.05) is 18.6 Å². The van der Waals surface area contributed by atoms with Gasteiger partial charge in [0.05, 0.1) is 10.1 Å². The minimum Gasteiger partial charge on any atom is -0.336 e. The Balaban J connectivity index is 1.76. The van der Waals surface area contributed by atoms with Gasteiger partial charge in [0.2, 0.25) is 5.91 Å². The molecule has 3 heterocycles. The van der Waals surface area contributed by atoms with Crippen LogP contribution in [0.1, 0.15) is 47.0 Å². The number of likely N-dealkylation sites (tertiary alicyclic amines) is 1. The molecule has 0 spiro atoms. The van der Waals surface area contributed by atoms with Crippen LogP contribution >= 0.6 is 23.1 Å². The summed E-state index contributed by atoms with van der Waals surface area (Å²) in [5, 5.41) is 11.4. The van der Waals surface area contributed by atoms with E-state index in [0.717, 1.165) is 35.2 Å². The first kappa shape index (κ1) is 18.5. The van der Waals surface area contributed by atoms with Crippen LogP contribution in [0.5, 0.6) is 0 Å². The maximum absolute atomic E-state index is 13.0. The summed E-state index contributed by atoms with van der Waals surface area (Å²) in [7, 11) is 0. The SMILES string of the molecule is CCn1c(S[C@H](C)C(=O)N2[C@@H](C)CCC[C@@H]2C)nnc1-c1cccs1. The molecule has 1 aliphatic rings. The zero-order chi connectivity index (χ0) is 18.0. The number of rotatable bonds is 5. The molecule has 0 radical (unpaired) electrons. The highest BCUT2D eigenvalue weighted by Gasteiger charge is 2.32. The topological polar surface area (TPSA) is 51.0 Å². The van der Waals surface area contributed by atoms with Crippen molar-refractivity contribution >= 4 is 29.0 Å². The number of hydrogen-bond acceptors (Lipinski definition) is 5. The van der Waals surface area contributed by atoms with Crippen molar-refractivity contribution in [2.45, 2.75) is 76.0 Å². The number of thioether (sulfide) groups is 1. The third-order valence-corrected chi connectivity index (χ3v) is 6.79. The van der Waals surface area contributed by atoms with Crippen LogP contribution in [0.2, 0.25) is 0 Å². The van der Waals surface area contributed by atoms with E-state index in [-0.39, 0.29) is 11.2 Å². The lowest BCUT2D eigenvalue weighted by molar-refractivity contribution is -0.136. The quantitative estimate of drug-likeness (QED) is 0.728. The van der Waals surface area contributed by atoms with Crippen LogP contribution < -0.4 is 0 Å². The van der Waals surface area contributed by atoms with Crippen molar-refractivity contribution in [3.05, 3.63) is 17.5 Å². The Morgan fingerprint density at radius 3 is 2.68 bits per heavy atom. The zero-order valence-electron chi connectivity index (χ0n) is 15.3. The summed E-state index contributed by atoms with van der Waals surface area (Å²) >= 11 is 3.18. The van der Waals surface area contributed by atoms with E-state index in [0.29, 0.717) is 12.1 Å². The molecule has 0 bridgehead atoms. The molecule has 1 saturated heterocycles. The molecule has 5 nitrogen and oxygen atoms in total. The second-order valence-electron chi connectivity index (χ2n) is 6.66. The summed E-state index contributed by atoms with van der Waals surface area (Å²) in [6.07, 6.45) is 3.41. The highest BCUT2D eigenvalue weighted by atomic mass is 32.2. The lowest BCUT2D eigenvalue weighted by Crippen LogP contribution is -2.50. The van der Waals surface area contributed by atoms with E-state index in [4.69, 9.17) is 0 Å². The highest BCUT2D eigenvalue weighted by molar-refractivity contribution is 8.00. The van der Waals surface area contributed by atoms with E-state index in [1.165, 1.54) is 18.2 Å². The summed E-state index contributed by atoms with van der Waals surface area (Å²) < 4.78 is 2.10. The molecule has 2 aromatic rings. The number of aromatic nitrogens is 3. The van der Waals surface area contributed by atoms with E-state index < -0.39 is 0 Å². The lowest BCUT2D eigenvalue weighted by atomic mass is 9.97. The second kappa shape index (κ2) is 7.91. The fraction of sp³-hybridized carbons (Fsp3) is 0.611. The van der Waals surface area contributed by atoms with Gasteiger partial charge in [-0.15, -0.1) is 21.5 Å². The van der Waals surface area contributed by atoms with Gasteiger partial charge in [-0.25, -0.2) is 0 Å². The number of piperidine rings is 1. The first-order chi connectivity index (χ1) is 12.0. The molecule has 2 aromatic heterocycles. The number of amides is 1. The van der Waals surface area contributed by atoms with Gasteiger partial charge in [0.25, 0.3) is 0 Å². The molecule has 1 aliphatic heterocycles. The molecule has 0 saturated carbocycles. The highest BCUT2D eigenvalue weighted by Crippen LogP contribution is 2.31. The lowest BCUT2D eigenvalue weighted by Gasteiger charge is -2.40. The molecular weight excluding hydrogens is 352 g/mol. The van der Waals surface area contributed by atoms with Crippen LogP contribution in [-0.4, -0.2) is 42.9 Å². The minimum absolute atomic E-state index is 0.159. The maximum Gasteiger partial charge on any atom is 0.236 e. The van der Waals surface area contributed by atoms with Crippen molar-refractivity contribution < 1.29 is 4.79 Å². The normalized spacial score (nSPS) is 22.2. The fourth-order valence-corrected chi connectivity index (χ4v) is 5.21. The third-order valence-electron chi connectivity index (χ3n) is 4.85. The molecule has 7 heteroatoms. The monoisotopic (exact) mass is 378 g/mol. The van der Waals surface area contributed by atoms with Crippen LogP contribution in [0.25, 0.3) is 10.7 Å². The summed E-state index contributed by atoms with van der Waals surface area (Å²) in [5.74, 6) is 1.10. The molecule has 0 aromatic carbocycles. The second-order valence-corrected chi connectivity index (χ2v) is 8.92. The molecule has 0 aliphatic carbocycles. The van der Waals surface area contributed by atoms with Gasteiger partial charge in [-0.1, -0.05) is 17.8 Å². The Morgan fingerprint density at radius 2 is 2.08 bits per heavy atom. The van der Waals surface area contributed by atoms with Gasteiger partial charge in [0.15, 0.2) is 11.0 Å². The minimum atomic E-state index is -0.159. The van der Waals surface area contributed by atoms with Gasteiger partial charge in [-0.2, -0.15) is 0 Å².